The normalized spacial score (nSPS) is 11.5. The van der Waals surface area contributed by atoms with Gasteiger partial charge in [0.2, 0.25) is 0 Å². The van der Waals surface area contributed by atoms with Gasteiger partial charge in [0.15, 0.2) is 5.96 Å². The number of hydrogen-bond donors (Lipinski definition) is 2. The van der Waals surface area contributed by atoms with Crippen LogP contribution in [-0.4, -0.2) is 25.6 Å². The number of nitrogens with one attached hydrogen (secondary N) is 2. The molecule has 0 aliphatic carbocycles. The fourth-order valence-electron chi connectivity index (χ4n) is 2.05. The summed E-state index contributed by atoms with van der Waals surface area (Å²) in [5.74, 6) is 0.640. The Morgan fingerprint density at radius 1 is 1.14 bits per heavy atom. The highest BCUT2D eigenvalue weighted by molar-refractivity contribution is 7.09. The molecule has 2 aromatic rings. The van der Waals surface area contributed by atoms with Gasteiger partial charge in [-0.1, -0.05) is 18.2 Å². The minimum absolute atomic E-state index is 0.194. The van der Waals surface area contributed by atoms with Gasteiger partial charge < -0.3 is 10.6 Å². The molecule has 0 unspecified atom stereocenters. The van der Waals surface area contributed by atoms with Gasteiger partial charge in [0.25, 0.3) is 0 Å². The number of aliphatic imine (C=N–C) groups is 1. The number of benzene rings is 1. The van der Waals surface area contributed by atoms with Gasteiger partial charge in [-0.15, -0.1) is 11.3 Å². The lowest BCUT2D eigenvalue weighted by atomic mass is 10.1. The van der Waals surface area contributed by atoms with Crippen molar-refractivity contribution >= 4 is 17.3 Å². The molecule has 22 heavy (non-hydrogen) atoms. The predicted octanol–water partition coefficient (Wildman–Crippen LogP) is 3.23. The summed E-state index contributed by atoms with van der Waals surface area (Å²) < 4.78 is 12.8. The first kappa shape index (κ1) is 16.5. The Morgan fingerprint density at radius 3 is 2.64 bits per heavy atom. The molecule has 2 N–H and O–H groups in total. The number of thiophene rings is 1. The van der Waals surface area contributed by atoms with Gasteiger partial charge in [0, 0.05) is 30.9 Å². The van der Waals surface area contributed by atoms with E-state index in [1.807, 2.05) is 12.1 Å². The van der Waals surface area contributed by atoms with Crippen molar-refractivity contribution in [2.24, 2.45) is 4.99 Å². The molecule has 0 bridgehead atoms. The number of guanidine groups is 1. The van der Waals surface area contributed by atoms with E-state index in [1.165, 1.54) is 17.0 Å². The molecule has 1 aromatic carbocycles. The van der Waals surface area contributed by atoms with E-state index >= 15 is 0 Å². The Labute approximate surface area is 135 Å². The molecule has 1 aromatic heterocycles. The molecule has 1 heterocycles. The summed E-state index contributed by atoms with van der Waals surface area (Å²) in [5, 5.41) is 8.64. The monoisotopic (exact) mass is 319 g/mol. The van der Waals surface area contributed by atoms with Crippen molar-refractivity contribution in [2.75, 3.05) is 19.6 Å². The fraction of sp³-hybridized carbons (Fsp3) is 0.353. The number of nitrogens with zero attached hydrogens (tertiary/aromatic N) is 1. The molecule has 0 amide bonds. The zero-order chi connectivity index (χ0) is 15.6. The molecule has 0 saturated heterocycles. The van der Waals surface area contributed by atoms with Crippen LogP contribution in [0.5, 0.6) is 0 Å². The third-order valence-corrected chi connectivity index (χ3v) is 4.11. The van der Waals surface area contributed by atoms with Crippen LogP contribution in [0.15, 0.2) is 46.8 Å². The second kappa shape index (κ2) is 9.20. The van der Waals surface area contributed by atoms with E-state index in [0.717, 1.165) is 44.0 Å². The van der Waals surface area contributed by atoms with Crippen molar-refractivity contribution in [1.82, 2.24) is 10.6 Å². The minimum Gasteiger partial charge on any atom is -0.357 e. The van der Waals surface area contributed by atoms with Crippen molar-refractivity contribution in [3.8, 4) is 0 Å². The summed E-state index contributed by atoms with van der Waals surface area (Å²) in [5.41, 5.74) is 1.11. The van der Waals surface area contributed by atoms with E-state index in [4.69, 9.17) is 0 Å². The van der Waals surface area contributed by atoms with Gasteiger partial charge in [-0.3, -0.25) is 4.99 Å². The molecular formula is C17H22FN3S. The van der Waals surface area contributed by atoms with E-state index in [1.54, 1.807) is 11.3 Å². The highest BCUT2D eigenvalue weighted by Crippen LogP contribution is 2.08. The predicted molar refractivity (Wildman–Crippen MR) is 92.1 cm³/mol. The lowest BCUT2D eigenvalue weighted by molar-refractivity contribution is 0.626. The van der Waals surface area contributed by atoms with Crippen LogP contribution in [0, 0.1) is 5.82 Å². The molecule has 0 radical (unpaired) electrons. The van der Waals surface area contributed by atoms with Crippen LogP contribution in [0.1, 0.15) is 17.4 Å². The highest BCUT2D eigenvalue weighted by atomic mass is 32.1. The first-order valence-corrected chi connectivity index (χ1v) is 8.45. The van der Waals surface area contributed by atoms with Crippen LogP contribution in [0.4, 0.5) is 4.39 Å². The average Bonchev–Trinajstić information content (AvgIpc) is 3.02. The first-order valence-electron chi connectivity index (χ1n) is 7.57. The maximum Gasteiger partial charge on any atom is 0.191 e. The largest absolute Gasteiger partial charge is 0.357 e. The lowest BCUT2D eigenvalue weighted by Gasteiger charge is -2.11. The number of hydrogen-bond acceptors (Lipinski definition) is 2. The summed E-state index contributed by atoms with van der Waals surface area (Å²) in [6, 6.07) is 10.8. The Kier molecular flexibility index (Phi) is 6.90. The van der Waals surface area contributed by atoms with E-state index in [2.05, 4.69) is 40.1 Å². The molecule has 118 valence electrons. The molecule has 5 heteroatoms. The van der Waals surface area contributed by atoms with Crippen molar-refractivity contribution in [3.63, 3.8) is 0 Å². The van der Waals surface area contributed by atoms with Crippen molar-refractivity contribution in [2.45, 2.75) is 19.8 Å². The van der Waals surface area contributed by atoms with Gasteiger partial charge in [0.1, 0.15) is 5.82 Å². The Morgan fingerprint density at radius 2 is 1.95 bits per heavy atom. The summed E-state index contributed by atoms with van der Waals surface area (Å²) in [6.45, 7) is 4.43. The maximum absolute atomic E-state index is 12.8. The topological polar surface area (TPSA) is 36.4 Å². The second-order valence-electron chi connectivity index (χ2n) is 4.89. The van der Waals surface area contributed by atoms with E-state index in [9.17, 15) is 4.39 Å². The molecule has 2 rings (SSSR count). The van der Waals surface area contributed by atoms with Gasteiger partial charge >= 0.3 is 0 Å². The molecule has 0 saturated carbocycles. The van der Waals surface area contributed by atoms with Crippen molar-refractivity contribution in [1.29, 1.82) is 0 Å². The highest BCUT2D eigenvalue weighted by Gasteiger charge is 1.99. The first-order chi connectivity index (χ1) is 10.8. The molecule has 0 fully saturated rings. The van der Waals surface area contributed by atoms with Gasteiger partial charge in [-0.2, -0.15) is 0 Å². The van der Waals surface area contributed by atoms with Gasteiger partial charge in [-0.05, 0) is 42.5 Å². The quantitative estimate of drug-likeness (QED) is 0.607. The van der Waals surface area contributed by atoms with Crippen LogP contribution >= 0.6 is 11.3 Å². The summed E-state index contributed by atoms with van der Waals surface area (Å²) in [6.07, 6.45) is 1.81. The Balaban J connectivity index is 1.76. The Bertz CT molecular complexity index is 564. The number of halogens is 1. The summed E-state index contributed by atoms with van der Waals surface area (Å²) >= 11 is 1.76. The number of rotatable bonds is 7. The standard InChI is InChI=1S/C17H22FN3S/c1-2-19-17(21-12-10-16-4-3-13-22-16)20-11-9-14-5-7-15(18)8-6-14/h3-8,13H,2,9-12H2,1H3,(H2,19,20,21). The van der Waals surface area contributed by atoms with Crippen LogP contribution in [0.2, 0.25) is 0 Å². The summed E-state index contributed by atoms with van der Waals surface area (Å²) in [4.78, 5) is 5.93. The molecule has 0 aliphatic heterocycles. The lowest BCUT2D eigenvalue weighted by Crippen LogP contribution is -2.38. The fourth-order valence-corrected chi connectivity index (χ4v) is 2.75. The van der Waals surface area contributed by atoms with Crippen molar-refractivity contribution < 1.29 is 4.39 Å². The third-order valence-electron chi connectivity index (χ3n) is 3.17. The SMILES string of the molecule is CCNC(=NCCc1cccs1)NCCc1ccc(F)cc1. The van der Waals surface area contributed by atoms with Gasteiger partial charge in [0.05, 0.1) is 0 Å². The van der Waals surface area contributed by atoms with Crippen LogP contribution in [0.25, 0.3) is 0 Å². The zero-order valence-electron chi connectivity index (χ0n) is 12.8. The van der Waals surface area contributed by atoms with E-state index < -0.39 is 0 Å². The molecule has 0 aliphatic rings. The minimum atomic E-state index is -0.194. The third kappa shape index (κ3) is 5.85. The molecular weight excluding hydrogens is 297 g/mol. The van der Waals surface area contributed by atoms with E-state index in [0.29, 0.717) is 0 Å². The van der Waals surface area contributed by atoms with E-state index in [-0.39, 0.29) is 5.82 Å². The molecule has 0 spiro atoms. The average molecular weight is 319 g/mol. The summed E-state index contributed by atoms with van der Waals surface area (Å²) in [7, 11) is 0. The second-order valence-corrected chi connectivity index (χ2v) is 5.93. The van der Waals surface area contributed by atoms with Gasteiger partial charge in [-0.25, -0.2) is 4.39 Å². The van der Waals surface area contributed by atoms with Crippen LogP contribution < -0.4 is 10.6 Å². The smallest absolute Gasteiger partial charge is 0.191 e. The molecule has 3 nitrogen and oxygen atoms in total. The maximum atomic E-state index is 12.8. The van der Waals surface area contributed by atoms with Crippen LogP contribution in [0.3, 0.4) is 0 Å². The van der Waals surface area contributed by atoms with Crippen molar-refractivity contribution in [3.05, 3.63) is 58.0 Å². The Hall–Kier alpha value is -1.88. The molecule has 0 atom stereocenters. The van der Waals surface area contributed by atoms with Crippen LogP contribution in [-0.2, 0) is 12.8 Å². The zero-order valence-corrected chi connectivity index (χ0v) is 13.6.